The summed E-state index contributed by atoms with van der Waals surface area (Å²) in [4.78, 5) is 10.7. The van der Waals surface area contributed by atoms with E-state index in [2.05, 4.69) is 5.32 Å². The first-order chi connectivity index (χ1) is 5.86. The Kier molecular flexibility index (Phi) is 2.17. The Balaban J connectivity index is 1.86. The Hall–Kier alpha value is -0.770. The molecule has 0 aromatic rings. The number of nitrogens with one attached hydrogen (secondary N) is 1. The van der Waals surface area contributed by atoms with Crippen LogP contribution in [-0.4, -0.2) is 32.0 Å². The minimum atomic E-state index is -0.287. The zero-order valence-corrected chi connectivity index (χ0v) is 6.91. The molecule has 0 aromatic heterocycles. The normalized spacial score (nSPS) is 35.8. The highest BCUT2D eigenvalue weighted by Gasteiger charge is 2.31. The summed E-state index contributed by atoms with van der Waals surface area (Å²) in [5, 5.41) is 2.65. The minimum absolute atomic E-state index is 0.0396. The molecule has 0 aromatic carbocycles. The van der Waals surface area contributed by atoms with Crippen molar-refractivity contribution in [1.29, 1.82) is 0 Å². The number of cyclic esters (lactones) is 1. The van der Waals surface area contributed by atoms with Crippen LogP contribution in [0.25, 0.3) is 0 Å². The van der Waals surface area contributed by atoms with Gasteiger partial charge in [0, 0.05) is 12.5 Å². The molecule has 0 spiro atoms. The van der Waals surface area contributed by atoms with Crippen LogP contribution in [0.5, 0.6) is 0 Å². The molecule has 0 radical (unpaired) electrons. The Morgan fingerprint density at radius 1 is 1.50 bits per heavy atom. The van der Waals surface area contributed by atoms with Crippen LogP contribution in [-0.2, 0) is 9.47 Å². The van der Waals surface area contributed by atoms with Crippen LogP contribution in [0.1, 0.15) is 12.8 Å². The summed E-state index contributed by atoms with van der Waals surface area (Å²) in [6, 6.07) is 0. The molecule has 0 saturated carbocycles. The highest BCUT2D eigenvalue weighted by molar-refractivity contribution is 5.69. The first-order valence-electron chi connectivity index (χ1n) is 4.38. The molecule has 1 N–H and O–H groups in total. The molecule has 2 fully saturated rings. The number of ether oxygens (including phenoxy) is 2. The zero-order valence-electron chi connectivity index (χ0n) is 6.91. The number of amides is 1. The predicted molar refractivity (Wildman–Crippen MR) is 41.8 cm³/mol. The third-order valence-electron chi connectivity index (χ3n) is 2.43. The summed E-state index contributed by atoms with van der Waals surface area (Å²) in [6.07, 6.45) is 1.95. The summed E-state index contributed by atoms with van der Waals surface area (Å²) < 4.78 is 10.4. The average molecular weight is 171 g/mol. The van der Waals surface area contributed by atoms with Gasteiger partial charge in [-0.15, -0.1) is 0 Å². The van der Waals surface area contributed by atoms with E-state index in [9.17, 15) is 4.79 Å². The van der Waals surface area contributed by atoms with Crippen molar-refractivity contribution in [1.82, 2.24) is 5.32 Å². The quantitative estimate of drug-likeness (QED) is 0.625. The molecule has 0 bridgehead atoms. The van der Waals surface area contributed by atoms with Gasteiger partial charge in [-0.25, -0.2) is 4.79 Å². The molecule has 12 heavy (non-hydrogen) atoms. The van der Waals surface area contributed by atoms with Gasteiger partial charge in [0.2, 0.25) is 0 Å². The maximum absolute atomic E-state index is 10.7. The Labute approximate surface area is 71.2 Å². The van der Waals surface area contributed by atoms with E-state index >= 15 is 0 Å². The molecule has 2 rings (SSSR count). The van der Waals surface area contributed by atoms with Crippen molar-refractivity contribution in [3.63, 3.8) is 0 Å². The van der Waals surface area contributed by atoms with Gasteiger partial charge in [-0.05, 0) is 12.8 Å². The van der Waals surface area contributed by atoms with E-state index in [-0.39, 0.29) is 12.2 Å². The SMILES string of the molecule is O=C1NCC(C2CCCOC2)O1. The third kappa shape index (κ3) is 1.53. The van der Waals surface area contributed by atoms with Crippen LogP contribution in [0.2, 0.25) is 0 Å². The van der Waals surface area contributed by atoms with Gasteiger partial charge >= 0.3 is 6.09 Å². The highest BCUT2D eigenvalue weighted by atomic mass is 16.6. The van der Waals surface area contributed by atoms with Crippen LogP contribution >= 0.6 is 0 Å². The Morgan fingerprint density at radius 3 is 3.00 bits per heavy atom. The van der Waals surface area contributed by atoms with Crippen LogP contribution in [0, 0.1) is 5.92 Å². The second-order valence-electron chi connectivity index (χ2n) is 3.30. The van der Waals surface area contributed by atoms with E-state index in [0.717, 1.165) is 26.1 Å². The van der Waals surface area contributed by atoms with E-state index in [0.29, 0.717) is 12.5 Å². The molecular weight excluding hydrogens is 158 g/mol. The number of carbonyl (C=O) groups excluding carboxylic acids is 1. The smallest absolute Gasteiger partial charge is 0.407 e. The second kappa shape index (κ2) is 3.31. The van der Waals surface area contributed by atoms with Crippen molar-refractivity contribution in [3.05, 3.63) is 0 Å². The molecule has 2 heterocycles. The molecule has 2 unspecified atom stereocenters. The molecule has 1 amide bonds. The zero-order chi connectivity index (χ0) is 8.39. The maximum atomic E-state index is 10.7. The summed E-state index contributed by atoms with van der Waals surface area (Å²) in [5.74, 6) is 0.401. The Morgan fingerprint density at radius 2 is 2.42 bits per heavy atom. The van der Waals surface area contributed by atoms with Gasteiger partial charge in [0.15, 0.2) is 0 Å². The average Bonchev–Trinajstić information content (AvgIpc) is 2.54. The molecule has 2 aliphatic rings. The number of alkyl carbamates (subject to hydrolysis) is 1. The summed E-state index contributed by atoms with van der Waals surface area (Å²) in [5.41, 5.74) is 0. The lowest BCUT2D eigenvalue weighted by Gasteiger charge is -2.25. The van der Waals surface area contributed by atoms with Gasteiger partial charge in [-0.3, -0.25) is 0 Å². The van der Waals surface area contributed by atoms with Crippen LogP contribution in [0.3, 0.4) is 0 Å². The van der Waals surface area contributed by atoms with E-state index in [1.807, 2.05) is 0 Å². The fourth-order valence-electron chi connectivity index (χ4n) is 1.73. The maximum Gasteiger partial charge on any atom is 0.407 e. The molecule has 4 nitrogen and oxygen atoms in total. The van der Waals surface area contributed by atoms with Crippen LogP contribution < -0.4 is 5.32 Å². The van der Waals surface area contributed by atoms with E-state index in [1.54, 1.807) is 0 Å². The number of hydrogen-bond donors (Lipinski definition) is 1. The molecule has 68 valence electrons. The molecule has 2 aliphatic heterocycles. The van der Waals surface area contributed by atoms with Gasteiger partial charge in [-0.2, -0.15) is 0 Å². The third-order valence-corrected chi connectivity index (χ3v) is 2.43. The first kappa shape index (κ1) is 7.86. The van der Waals surface area contributed by atoms with Crippen molar-refractivity contribution in [2.24, 2.45) is 5.92 Å². The molecule has 0 aliphatic carbocycles. The minimum Gasteiger partial charge on any atom is -0.444 e. The van der Waals surface area contributed by atoms with Crippen molar-refractivity contribution in [2.75, 3.05) is 19.8 Å². The van der Waals surface area contributed by atoms with Gasteiger partial charge in [-0.1, -0.05) is 0 Å². The molecular formula is C8H13NO3. The first-order valence-corrected chi connectivity index (χ1v) is 4.38. The van der Waals surface area contributed by atoms with Crippen molar-refractivity contribution < 1.29 is 14.3 Å². The lowest BCUT2D eigenvalue weighted by atomic mass is 9.96. The summed E-state index contributed by atoms with van der Waals surface area (Å²) in [7, 11) is 0. The molecule has 4 heteroatoms. The molecule has 2 saturated heterocycles. The van der Waals surface area contributed by atoms with E-state index in [4.69, 9.17) is 9.47 Å². The van der Waals surface area contributed by atoms with Gasteiger partial charge < -0.3 is 14.8 Å². The second-order valence-corrected chi connectivity index (χ2v) is 3.30. The van der Waals surface area contributed by atoms with Crippen LogP contribution in [0.15, 0.2) is 0 Å². The predicted octanol–water partition coefficient (Wildman–Crippen LogP) is 0.521. The van der Waals surface area contributed by atoms with Crippen molar-refractivity contribution >= 4 is 6.09 Å². The van der Waals surface area contributed by atoms with E-state index < -0.39 is 0 Å². The standard InChI is InChI=1S/C8H13NO3/c10-8-9-4-7(12-8)6-2-1-3-11-5-6/h6-7H,1-5H2,(H,9,10). The van der Waals surface area contributed by atoms with Crippen molar-refractivity contribution in [3.8, 4) is 0 Å². The lowest BCUT2D eigenvalue weighted by Crippen LogP contribution is -2.31. The monoisotopic (exact) mass is 171 g/mol. The Bertz CT molecular complexity index is 177. The largest absolute Gasteiger partial charge is 0.444 e. The number of rotatable bonds is 1. The van der Waals surface area contributed by atoms with Gasteiger partial charge in [0.25, 0.3) is 0 Å². The fraction of sp³-hybridized carbons (Fsp3) is 0.875. The topological polar surface area (TPSA) is 47.6 Å². The summed E-state index contributed by atoms with van der Waals surface area (Å²) >= 11 is 0. The van der Waals surface area contributed by atoms with Gasteiger partial charge in [0.05, 0.1) is 13.2 Å². The number of carbonyl (C=O) groups is 1. The fourth-order valence-corrected chi connectivity index (χ4v) is 1.73. The van der Waals surface area contributed by atoms with Crippen LogP contribution in [0.4, 0.5) is 4.79 Å². The lowest BCUT2D eigenvalue weighted by molar-refractivity contribution is 0.000829. The summed E-state index contributed by atoms with van der Waals surface area (Å²) in [6.45, 7) is 2.23. The van der Waals surface area contributed by atoms with Crippen molar-refractivity contribution in [2.45, 2.75) is 18.9 Å². The molecule has 2 atom stereocenters. The van der Waals surface area contributed by atoms with Gasteiger partial charge in [0.1, 0.15) is 6.10 Å². The number of hydrogen-bond acceptors (Lipinski definition) is 3. The highest BCUT2D eigenvalue weighted by Crippen LogP contribution is 2.21. The van der Waals surface area contributed by atoms with E-state index in [1.165, 1.54) is 0 Å².